The van der Waals surface area contributed by atoms with Crippen molar-refractivity contribution in [1.29, 1.82) is 0 Å². The summed E-state index contributed by atoms with van der Waals surface area (Å²) >= 11 is 0. The Morgan fingerprint density at radius 1 is 0.972 bits per heavy atom. The molecule has 1 fully saturated rings. The predicted molar refractivity (Wildman–Crippen MR) is 138 cm³/mol. The van der Waals surface area contributed by atoms with E-state index in [1.54, 1.807) is 4.90 Å². The molecule has 0 bridgehead atoms. The van der Waals surface area contributed by atoms with Gasteiger partial charge in [0.25, 0.3) is 0 Å². The number of likely N-dealkylation sites (tertiary alicyclic amines) is 1. The van der Waals surface area contributed by atoms with E-state index in [9.17, 15) is 14.4 Å². The number of nitrogens with zero attached hydrogens (tertiary/aromatic N) is 2. The highest BCUT2D eigenvalue weighted by Gasteiger charge is 2.34. The van der Waals surface area contributed by atoms with Gasteiger partial charge in [0.1, 0.15) is 6.04 Å². The van der Waals surface area contributed by atoms with Crippen molar-refractivity contribution >= 4 is 25.1 Å². The summed E-state index contributed by atoms with van der Waals surface area (Å²) in [5.41, 5.74) is 2.25. The number of carbonyl (C=O) groups excluding carboxylic acids is 2. The molecular weight excluding hydrogens is 463 g/mol. The Kier molecular flexibility index (Phi) is 13.1. The lowest BCUT2D eigenvalue weighted by atomic mass is 9.92. The zero-order chi connectivity index (χ0) is 26.3. The number of carbonyl (C=O) groups is 3. The van der Waals surface area contributed by atoms with Crippen molar-refractivity contribution in [1.82, 2.24) is 20.4 Å². The van der Waals surface area contributed by atoms with Gasteiger partial charge in [-0.05, 0) is 30.4 Å². The Balaban J connectivity index is 0.000000313. The first-order valence-corrected chi connectivity index (χ1v) is 13.1. The van der Waals surface area contributed by atoms with Gasteiger partial charge in [0, 0.05) is 26.2 Å². The fourth-order valence-electron chi connectivity index (χ4n) is 4.44. The van der Waals surface area contributed by atoms with Crippen LogP contribution in [0.4, 0.5) is 9.59 Å². The Hall–Kier alpha value is -2.79. The number of hydrogen-bond acceptors (Lipinski definition) is 5. The van der Waals surface area contributed by atoms with E-state index < -0.39 is 19.3 Å². The van der Waals surface area contributed by atoms with Crippen LogP contribution in [0.2, 0.25) is 0 Å². The Morgan fingerprint density at radius 3 is 2.17 bits per heavy atom. The molecule has 0 aromatic heterocycles. The van der Waals surface area contributed by atoms with Crippen molar-refractivity contribution in [2.24, 2.45) is 0 Å². The van der Waals surface area contributed by atoms with E-state index in [1.165, 1.54) is 37.0 Å². The van der Waals surface area contributed by atoms with Gasteiger partial charge in [0.2, 0.25) is 5.91 Å². The van der Waals surface area contributed by atoms with E-state index in [4.69, 9.17) is 15.2 Å². The number of urea groups is 1. The molecule has 0 aliphatic carbocycles. The summed E-state index contributed by atoms with van der Waals surface area (Å²) in [5, 5.41) is 31.6. The second-order valence-corrected chi connectivity index (χ2v) is 9.34. The molecule has 0 saturated carbocycles. The fourth-order valence-corrected chi connectivity index (χ4v) is 4.44. The molecule has 1 aromatic carbocycles. The van der Waals surface area contributed by atoms with Gasteiger partial charge in [-0.1, -0.05) is 69.7 Å². The van der Waals surface area contributed by atoms with Crippen LogP contribution in [-0.2, 0) is 17.9 Å². The van der Waals surface area contributed by atoms with Crippen LogP contribution >= 0.6 is 0 Å². The Labute approximate surface area is 214 Å². The molecule has 1 atom stereocenters. The number of carboxylic acid groups (broad SMARTS) is 1. The molecule has 10 nitrogen and oxygen atoms in total. The molecule has 2 aliphatic heterocycles. The van der Waals surface area contributed by atoms with Gasteiger partial charge in [0.05, 0.1) is 6.44 Å². The van der Waals surface area contributed by atoms with E-state index in [0.717, 1.165) is 30.4 Å². The molecule has 2 aliphatic rings. The lowest BCUT2D eigenvalue weighted by Gasteiger charge is -2.24. The predicted octanol–water partition coefficient (Wildman–Crippen LogP) is 2.72. The van der Waals surface area contributed by atoms with E-state index in [2.05, 4.69) is 17.6 Å². The summed E-state index contributed by atoms with van der Waals surface area (Å²) in [6.45, 7) is 4.46. The standard InChI is InChI=1S/C16H32BN3O4.C9H9NO2/c1-2-3-4-5-6-7-8-11-18-16(22)20-12-9-10-14(20)15(21)19-13-17(23)24;11-9(12)10-5-7-3-1-2-4-8(7)6-10/h14,23-24H,2-13H2,1H3,(H,18,22)(H,19,21);1-4H,5-6H2,(H,11,12). The molecule has 0 radical (unpaired) electrons. The van der Waals surface area contributed by atoms with Gasteiger partial charge in [-0.25, -0.2) is 9.59 Å². The molecule has 36 heavy (non-hydrogen) atoms. The quantitative estimate of drug-likeness (QED) is 0.232. The molecule has 3 rings (SSSR count). The third kappa shape index (κ3) is 10.1. The summed E-state index contributed by atoms with van der Waals surface area (Å²) in [6.07, 6.45) is 8.69. The Bertz CT molecular complexity index is 816. The average molecular weight is 504 g/mol. The van der Waals surface area contributed by atoms with Crippen molar-refractivity contribution in [3.05, 3.63) is 35.4 Å². The van der Waals surface area contributed by atoms with E-state index in [1.807, 2.05) is 24.3 Å². The smallest absolute Gasteiger partial charge is 0.465 e. The van der Waals surface area contributed by atoms with Crippen molar-refractivity contribution in [2.45, 2.75) is 83.8 Å². The first-order valence-electron chi connectivity index (χ1n) is 13.1. The van der Waals surface area contributed by atoms with Gasteiger partial charge in [0.15, 0.2) is 0 Å². The maximum Gasteiger partial charge on any atom is 0.472 e. The molecule has 200 valence electrons. The van der Waals surface area contributed by atoms with Gasteiger partial charge < -0.3 is 30.7 Å². The van der Waals surface area contributed by atoms with Crippen molar-refractivity contribution in [3.8, 4) is 0 Å². The Morgan fingerprint density at radius 2 is 1.58 bits per heavy atom. The zero-order valence-electron chi connectivity index (χ0n) is 21.3. The number of fused-ring (bicyclic) bond motifs is 1. The largest absolute Gasteiger partial charge is 0.472 e. The number of hydrogen-bond donors (Lipinski definition) is 5. The van der Waals surface area contributed by atoms with Crippen LogP contribution in [0.1, 0.15) is 75.8 Å². The van der Waals surface area contributed by atoms with E-state index >= 15 is 0 Å². The average Bonchev–Trinajstić information content (AvgIpc) is 3.52. The van der Waals surface area contributed by atoms with Crippen LogP contribution < -0.4 is 10.6 Å². The normalized spacial score (nSPS) is 16.1. The van der Waals surface area contributed by atoms with Crippen molar-refractivity contribution in [3.63, 3.8) is 0 Å². The minimum absolute atomic E-state index is 0.205. The highest BCUT2D eigenvalue weighted by Crippen LogP contribution is 2.21. The molecule has 11 heteroatoms. The highest BCUT2D eigenvalue weighted by atomic mass is 16.4. The zero-order valence-corrected chi connectivity index (χ0v) is 21.3. The lowest BCUT2D eigenvalue weighted by molar-refractivity contribution is -0.124. The van der Waals surface area contributed by atoms with Crippen LogP contribution in [0, 0.1) is 0 Å². The topological polar surface area (TPSA) is 142 Å². The fraction of sp³-hybridized carbons (Fsp3) is 0.640. The van der Waals surface area contributed by atoms with Gasteiger partial charge in [-0.3, -0.25) is 9.69 Å². The molecule has 1 saturated heterocycles. The van der Waals surface area contributed by atoms with E-state index in [0.29, 0.717) is 32.6 Å². The third-order valence-electron chi connectivity index (χ3n) is 6.44. The molecular formula is C25H41BN4O6. The van der Waals surface area contributed by atoms with Crippen LogP contribution in [0.25, 0.3) is 0 Å². The maximum absolute atomic E-state index is 12.2. The number of nitrogens with one attached hydrogen (secondary N) is 2. The summed E-state index contributed by atoms with van der Waals surface area (Å²) in [6, 6.07) is 7.09. The number of amides is 4. The van der Waals surface area contributed by atoms with Crippen LogP contribution in [0.5, 0.6) is 0 Å². The minimum atomic E-state index is -1.57. The summed E-state index contributed by atoms with van der Waals surface area (Å²) in [4.78, 5) is 37.8. The molecule has 5 N–H and O–H groups in total. The molecule has 4 amide bonds. The first kappa shape index (κ1) is 29.4. The van der Waals surface area contributed by atoms with Crippen LogP contribution in [-0.4, -0.2) is 75.7 Å². The number of rotatable bonds is 11. The van der Waals surface area contributed by atoms with Gasteiger partial charge in [-0.15, -0.1) is 0 Å². The second kappa shape index (κ2) is 16.1. The summed E-state index contributed by atoms with van der Waals surface area (Å²) < 4.78 is 0. The monoisotopic (exact) mass is 504 g/mol. The van der Waals surface area contributed by atoms with Gasteiger partial charge in [-0.2, -0.15) is 0 Å². The minimum Gasteiger partial charge on any atom is -0.465 e. The second-order valence-electron chi connectivity index (χ2n) is 9.34. The summed E-state index contributed by atoms with van der Waals surface area (Å²) in [5.74, 6) is -0.327. The number of unbranched alkanes of at least 4 members (excludes halogenated alkanes) is 6. The molecule has 1 aromatic rings. The third-order valence-corrected chi connectivity index (χ3v) is 6.44. The van der Waals surface area contributed by atoms with Crippen molar-refractivity contribution < 1.29 is 29.5 Å². The molecule has 2 heterocycles. The SMILES string of the molecule is CCCCCCCCCNC(=O)N1CCCC1C(=O)NCB(O)O.O=C(O)N1Cc2ccccc2C1. The van der Waals surface area contributed by atoms with Crippen molar-refractivity contribution in [2.75, 3.05) is 19.5 Å². The molecule has 1 unspecified atom stereocenters. The lowest BCUT2D eigenvalue weighted by Crippen LogP contribution is -2.51. The van der Waals surface area contributed by atoms with Gasteiger partial charge >= 0.3 is 19.2 Å². The number of benzene rings is 1. The molecule has 0 spiro atoms. The van der Waals surface area contributed by atoms with Crippen LogP contribution in [0.3, 0.4) is 0 Å². The van der Waals surface area contributed by atoms with E-state index in [-0.39, 0.29) is 18.4 Å². The summed E-state index contributed by atoms with van der Waals surface area (Å²) in [7, 11) is -1.57. The van der Waals surface area contributed by atoms with Crippen LogP contribution in [0.15, 0.2) is 24.3 Å². The first-order chi connectivity index (χ1) is 17.3. The maximum atomic E-state index is 12.2. The highest BCUT2D eigenvalue weighted by molar-refractivity contribution is 6.41.